The minimum absolute atomic E-state index is 0.0133. The number of hydrogen-bond donors (Lipinski definition) is 1. The first-order valence-electron chi connectivity index (χ1n) is 10.4. The fourth-order valence-corrected chi connectivity index (χ4v) is 6.25. The van der Waals surface area contributed by atoms with Crippen LogP contribution in [0.1, 0.15) is 42.9 Å². The van der Waals surface area contributed by atoms with Crippen LogP contribution in [0.5, 0.6) is 0 Å². The number of carbonyl (C=O) groups excluding carboxylic acids is 1. The zero-order chi connectivity index (χ0) is 19.6. The van der Waals surface area contributed by atoms with Crippen molar-refractivity contribution in [2.45, 2.75) is 39.5 Å². The maximum absolute atomic E-state index is 13.4. The van der Waals surface area contributed by atoms with Crippen LogP contribution in [0.4, 0.5) is 0 Å². The molecule has 0 heterocycles. The van der Waals surface area contributed by atoms with Gasteiger partial charge in [-0.15, -0.1) is 0 Å². The summed E-state index contributed by atoms with van der Waals surface area (Å²) in [7, 11) is 0. The SMILES string of the molecule is CCc1ccc(-c2ccc(Cl)cc2C)cc1C1=C(O)C2C3CCC(C3)C2C1=O. The third kappa shape index (κ3) is 2.50. The topological polar surface area (TPSA) is 37.3 Å². The van der Waals surface area contributed by atoms with E-state index in [-0.39, 0.29) is 17.6 Å². The zero-order valence-electron chi connectivity index (χ0n) is 16.3. The van der Waals surface area contributed by atoms with Crippen LogP contribution in [-0.4, -0.2) is 10.9 Å². The van der Waals surface area contributed by atoms with E-state index < -0.39 is 0 Å². The number of carbonyl (C=O) groups is 1. The van der Waals surface area contributed by atoms with Gasteiger partial charge in [0.1, 0.15) is 5.76 Å². The molecule has 0 spiro atoms. The van der Waals surface area contributed by atoms with Crippen LogP contribution in [0.3, 0.4) is 0 Å². The van der Waals surface area contributed by atoms with E-state index in [2.05, 4.69) is 25.1 Å². The van der Waals surface area contributed by atoms with E-state index in [4.69, 9.17) is 11.6 Å². The van der Waals surface area contributed by atoms with E-state index in [1.807, 2.05) is 25.1 Å². The summed E-state index contributed by atoms with van der Waals surface area (Å²) in [5.74, 6) is 1.57. The van der Waals surface area contributed by atoms with Crippen LogP contribution >= 0.6 is 11.6 Å². The first-order valence-corrected chi connectivity index (χ1v) is 10.7. The first kappa shape index (κ1) is 18.0. The van der Waals surface area contributed by atoms with Crippen molar-refractivity contribution >= 4 is 23.0 Å². The van der Waals surface area contributed by atoms with Gasteiger partial charge < -0.3 is 5.11 Å². The number of Topliss-reactive ketones (excluding diaryl/α,β-unsaturated/α-hetero) is 1. The van der Waals surface area contributed by atoms with Crippen molar-refractivity contribution in [3.63, 3.8) is 0 Å². The van der Waals surface area contributed by atoms with E-state index >= 15 is 0 Å². The maximum Gasteiger partial charge on any atom is 0.170 e. The summed E-state index contributed by atoms with van der Waals surface area (Å²) in [5, 5.41) is 11.8. The number of rotatable bonds is 3. The van der Waals surface area contributed by atoms with Crippen LogP contribution in [0.2, 0.25) is 5.02 Å². The molecule has 4 atom stereocenters. The number of ketones is 1. The molecule has 1 N–H and O–H groups in total. The Labute approximate surface area is 171 Å². The van der Waals surface area contributed by atoms with Gasteiger partial charge in [0.2, 0.25) is 0 Å². The molecule has 0 amide bonds. The van der Waals surface area contributed by atoms with Gasteiger partial charge in [-0.25, -0.2) is 0 Å². The Morgan fingerprint density at radius 1 is 1.04 bits per heavy atom. The Balaban J connectivity index is 1.64. The summed E-state index contributed by atoms with van der Waals surface area (Å²) >= 11 is 6.13. The second-order valence-corrected chi connectivity index (χ2v) is 9.13. The molecule has 144 valence electrons. The van der Waals surface area contributed by atoms with Gasteiger partial charge in [-0.05, 0) is 90.5 Å². The van der Waals surface area contributed by atoms with Crippen molar-refractivity contribution in [1.82, 2.24) is 0 Å². The number of fused-ring (bicyclic) bond motifs is 5. The van der Waals surface area contributed by atoms with Crippen molar-refractivity contribution in [2.24, 2.45) is 23.7 Å². The Morgan fingerprint density at radius 2 is 1.79 bits per heavy atom. The number of aryl methyl sites for hydroxylation is 2. The van der Waals surface area contributed by atoms with Gasteiger partial charge in [0.15, 0.2) is 5.78 Å². The highest BCUT2D eigenvalue weighted by Crippen LogP contribution is 2.60. The van der Waals surface area contributed by atoms with E-state index in [9.17, 15) is 9.90 Å². The van der Waals surface area contributed by atoms with Crippen LogP contribution < -0.4 is 0 Å². The summed E-state index contributed by atoms with van der Waals surface area (Å²) in [6.45, 7) is 4.15. The van der Waals surface area contributed by atoms with Crippen molar-refractivity contribution in [1.29, 1.82) is 0 Å². The predicted molar refractivity (Wildman–Crippen MR) is 113 cm³/mol. The maximum atomic E-state index is 13.4. The molecule has 2 saturated carbocycles. The standard InChI is InChI=1S/C25H25ClO2/c1-3-14-4-5-15(19-9-8-18(26)10-13(19)2)12-20(14)23-24(27)21-16-6-7-17(11-16)22(21)25(23)28/h4-5,8-10,12,16-17,21-22,27H,3,6-7,11H2,1-2H3. The molecule has 2 fully saturated rings. The smallest absolute Gasteiger partial charge is 0.170 e. The van der Waals surface area contributed by atoms with Crippen LogP contribution in [0.15, 0.2) is 42.2 Å². The fraction of sp³-hybridized carbons (Fsp3) is 0.400. The van der Waals surface area contributed by atoms with Gasteiger partial charge in [-0.1, -0.05) is 36.7 Å². The highest BCUT2D eigenvalue weighted by Gasteiger charge is 2.57. The molecule has 0 saturated heterocycles. The Bertz CT molecular complexity index is 1020. The Kier molecular flexibility index (Phi) is 4.17. The lowest BCUT2D eigenvalue weighted by molar-refractivity contribution is -0.118. The van der Waals surface area contributed by atoms with Gasteiger partial charge in [-0.3, -0.25) is 4.79 Å². The Hall–Kier alpha value is -2.06. The molecule has 3 aliphatic carbocycles. The minimum atomic E-state index is 0.0133. The van der Waals surface area contributed by atoms with E-state index in [0.29, 0.717) is 23.2 Å². The molecular weight excluding hydrogens is 368 g/mol. The van der Waals surface area contributed by atoms with E-state index in [1.165, 1.54) is 0 Å². The average molecular weight is 393 g/mol. The average Bonchev–Trinajstić information content (AvgIpc) is 3.35. The van der Waals surface area contributed by atoms with Crippen LogP contribution in [0, 0.1) is 30.6 Å². The number of halogens is 1. The number of aliphatic hydroxyl groups is 1. The van der Waals surface area contributed by atoms with Gasteiger partial charge in [0, 0.05) is 16.9 Å². The summed E-state index contributed by atoms with van der Waals surface area (Å²) in [5.41, 5.74) is 5.92. The van der Waals surface area contributed by atoms with Crippen LogP contribution in [0.25, 0.3) is 16.7 Å². The van der Waals surface area contributed by atoms with Crippen molar-refractivity contribution in [2.75, 3.05) is 0 Å². The second-order valence-electron chi connectivity index (χ2n) is 8.69. The Morgan fingerprint density at radius 3 is 2.46 bits per heavy atom. The molecule has 28 heavy (non-hydrogen) atoms. The lowest BCUT2D eigenvalue weighted by atomic mass is 9.80. The van der Waals surface area contributed by atoms with Crippen molar-refractivity contribution in [3.05, 3.63) is 63.9 Å². The van der Waals surface area contributed by atoms with Gasteiger partial charge in [0.05, 0.1) is 5.57 Å². The molecule has 3 heteroatoms. The molecule has 0 aromatic heterocycles. The monoisotopic (exact) mass is 392 g/mol. The molecule has 5 rings (SSSR count). The van der Waals surface area contributed by atoms with E-state index in [1.54, 1.807) is 0 Å². The molecule has 2 aromatic rings. The number of allylic oxidation sites excluding steroid dienone is 2. The highest BCUT2D eigenvalue weighted by atomic mass is 35.5. The number of benzene rings is 2. The van der Waals surface area contributed by atoms with Gasteiger partial charge in [0.25, 0.3) is 0 Å². The lowest BCUT2D eigenvalue weighted by Gasteiger charge is -2.23. The zero-order valence-corrected chi connectivity index (χ0v) is 17.1. The molecule has 2 bridgehead atoms. The lowest BCUT2D eigenvalue weighted by Crippen LogP contribution is -2.24. The summed E-state index contributed by atoms with van der Waals surface area (Å²) in [4.78, 5) is 13.4. The quantitative estimate of drug-likeness (QED) is 0.656. The molecule has 3 aliphatic rings. The van der Waals surface area contributed by atoms with Gasteiger partial charge >= 0.3 is 0 Å². The summed E-state index contributed by atoms with van der Waals surface area (Å²) < 4.78 is 0. The summed E-state index contributed by atoms with van der Waals surface area (Å²) in [6.07, 6.45) is 4.24. The normalized spacial score (nSPS) is 28.3. The minimum Gasteiger partial charge on any atom is -0.511 e. The molecule has 2 nitrogen and oxygen atoms in total. The number of hydrogen-bond acceptors (Lipinski definition) is 2. The van der Waals surface area contributed by atoms with Gasteiger partial charge in [-0.2, -0.15) is 0 Å². The fourth-order valence-electron chi connectivity index (χ4n) is 6.03. The third-order valence-corrected chi connectivity index (χ3v) is 7.53. The summed E-state index contributed by atoms with van der Waals surface area (Å²) in [6, 6.07) is 12.2. The van der Waals surface area contributed by atoms with Crippen molar-refractivity contribution < 1.29 is 9.90 Å². The van der Waals surface area contributed by atoms with Crippen LogP contribution in [-0.2, 0) is 11.2 Å². The highest BCUT2D eigenvalue weighted by molar-refractivity contribution is 6.30. The molecule has 2 aromatic carbocycles. The third-order valence-electron chi connectivity index (χ3n) is 7.30. The van der Waals surface area contributed by atoms with Crippen molar-refractivity contribution in [3.8, 4) is 11.1 Å². The predicted octanol–water partition coefficient (Wildman–Crippen LogP) is 6.39. The first-order chi connectivity index (χ1) is 13.5. The molecular formula is C25H25ClO2. The molecule has 0 aliphatic heterocycles. The number of aliphatic hydroxyl groups excluding tert-OH is 1. The molecule has 4 unspecified atom stereocenters. The molecule has 0 radical (unpaired) electrons. The second kappa shape index (κ2) is 6.49. The largest absolute Gasteiger partial charge is 0.511 e. The van der Waals surface area contributed by atoms with E-state index in [0.717, 1.165) is 58.5 Å².